The second kappa shape index (κ2) is 38.1. The van der Waals surface area contributed by atoms with Crippen LogP contribution in [0.3, 0.4) is 0 Å². The molecule has 0 aliphatic rings. The average Bonchev–Trinajstić information content (AvgIpc) is 0.722. The quantitative estimate of drug-likeness (QED) is 0.135. The number of hydrogen-bond donors (Lipinski definition) is 0. The molecule has 13 heteroatoms. The fourth-order valence-corrected chi connectivity index (χ4v) is 0. The minimum Gasteiger partial charge on any atom is -0.768 e. The van der Waals surface area contributed by atoms with Crippen LogP contribution in [0.25, 0.3) is 0 Å². The number of rotatable bonds is 0. The summed E-state index contributed by atoms with van der Waals surface area (Å²) < 4.78 is 26.7. The van der Waals surface area contributed by atoms with Gasteiger partial charge in [-0.2, -0.15) is 0 Å². The van der Waals surface area contributed by atoms with Gasteiger partial charge >= 0.3 is 59.1 Å². The molecule has 0 spiro atoms. The Labute approximate surface area is 119 Å². The van der Waals surface area contributed by atoms with Crippen molar-refractivity contribution in [1.29, 1.82) is 0 Å². The van der Waals surface area contributed by atoms with Gasteiger partial charge < -0.3 is 43.6 Å². The summed E-state index contributed by atoms with van der Waals surface area (Å²) in [6, 6.07) is 0. The van der Waals surface area contributed by atoms with Crippen molar-refractivity contribution in [2.45, 2.75) is 0 Å². The molecular formula is H10Na2NoO8S2. The Hall–Kier alpha value is 1.06. The Morgan fingerprint density at radius 2 is 0.846 bits per heavy atom. The summed E-state index contributed by atoms with van der Waals surface area (Å²) in [6.45, 7) is 0. The Bertz CT molecular complexity index is 103. The van der Waals surface area contributed by atoms with Gasteiger partial charge in [0.15, 0.2) is 0 Å². The molecule has 0 aliphatic carbocycles. The molecule has 0 saturated carbocycles. The first kappa shape index (κ1) is 93.7. The predicted molar refractivity (Wildman–Crippen MR) is 35.1 cm³/mol. The maximum absolute atomic E-state index is 8.89. The fourth-order valence-electron chi connectivity index (χ4n) is 0. The minimum absolute atomic E-state index is 0. The second-order valence-electron chi connectivity index (χ2n) is 0.408. The predicted octanol–water partition coefficient (Wildman–Crippen LogP) is -11.1. The molecule has 10 N–H and O–H groups in total. The molecule has 0 bridgehead atoms. The van der Waals surface area contributed by atoms with E-state index in [4.69, 9.17) is 13.0 Å². The van der Waals surface area contributed by atoms with Crippen molar-refractivity contribution >= 4 is 20.8 Å². The van der Waals surface area contributed by atoms with Crippen LogP contribution in [-0.2, 0) is 20.8 Å². The molecule has 0 heterocycles. The van der Waals surface area contributed by atoms with Crippen molar-refractivity contribution in [2.24, 2.45) is 0 Å². The van der Waals surface area contributed by atoms with Crippen LogP contribution in [0, 0.1) is 0 Å². The van der Waals surface area contributed by atoms with E-state index in [1.807, 2.05) is 0 Å². The Morgan fingerprint density at radius 1 is 0.846 bits per heavy atom. The summed E-state index contributed by atoms with van der Waals surface area (Å²) in [5.41, 5.74) is 0. The van der Waals surface area contributed by atoms with Crippen molar-refractivity contribution in [1.82, 2.24) is 0 Å². The van der Waals surface area contributed by atoms with Gasteiger partial charge in [-0.05, 0) is 9.15 Å². The molecule has 0 radical (unpaired) electrons. The van der Waals surface area contributed by atoms with E-state index in [2.05, 4.69) is 11.7 Å². The summed E-state index contributed by atoms with van der Waals surface area (Å²) >= 11 is 3.24. The standard InChI is InChI=1S/2Na.No.H2O3S2.5H2O/c;;;1-5(2,3)4;;;;;/h;;;(H2,1,2,3,4);5*1H2/q2*+1;;;;;;;/p-2. The van der Waals surface area contributed by atoms with Gasteiger partial charge in [-0.1, -0.05) is 0 Å². The molecule has 0 atom stereocenters. The smallest absolute Gasteiger partial charge is 0.768 e. The molecule has 0 rings (SSSR count). The third kappa shape index (κ3) is 1420. The maximum Gasteiger partial charge on any atom is 1.00 e. The van der Waals surface area contributed by atoms with Gasteiger partial charge in [0, 0.05) is 0 Å². The summed E-state index contributed by atoms with van der Waals surface area (Å²) in [4.78, 5) is 0. The van der Waals surface area contributed by atoms with Gasteiger partial charge in [-0.25, -0.2) is 0 Å². The Kier molecular flexibility index (Phi) is 275. The molecule has 0 amide bonds. The molecule has 0 aromatic heterocycles. The van der Waals surface area contributed by atoms with Crippen LogP contribution >= 0.6 is 0 Å². The van der Waals surface area contributed by atoms with Gasteiger partial charge in [-0.3, -0.25) is 8.42 Å². The van der Waals surface area contributed by atoms with E-state index in [-0.39, 0.29) is 86.5 Å². The fraction of sp³-hybridized carbons (Fsp3) is 0. The number of hydrogen-bond acceptors (Lipinski definition) is 4. The van der Waals surface area contributed by atoms with Crippen LogP contribution < -0.4 is 59.1 Å². The van der Waals surface area contributed by atoms with Crippen molar-refractivity contribution < 1.29 is 99.5 Å². The molecule has 0 saturated heterocycles. The summed E-state index contributed by atoms with van der Waals surface area (Å²) in [5.74, 6) is 0. The van der Waals surface area contributed by atoms with E-state index >= 15 is 0 Å². The van der Waals surface area contributed by atoms with Gasteiger partial charge in [0.2, 0.25) is 0 Å². The van der Waals surface area contributed by atoms with E-state index in [0.29, 0.717) is 0 Å². The maximum atomic E-state index is 8.89. The second-order valence-corrected chi connectivity index (χ2v) is 2.45. The van der Waals surface area contributed by atoms with Gasteiger partial charge in [-0.15, -0.1) is 0 Å². The zero-order valence-electron chi connectivity index (χ0n) is 6.81. The normalized spacial score (nSPS) is 4.46. The summed E-state index contributed by atoms with van der Waals surface area (Å²) in [7, 11) is -4.33. The van der Waals surface area contributed by atoms with E-state index in [1.54, 1.807) is 0 Å². The van der Waals surface area contributed by atoms with Crippen LogP contribution in [-0.4, -0.2) is 40.4 Å². The topological polar surface area (TPSA) is 215 Å². The molecule has 0 unspecified atom stereocenters. The van der Waals surface area contributed by atoms with E-state index < -0.39 is 9.15 Å². The van der Waals surface area contributed by atoms with Crippen LogP contribution in [0.5, 0.6) is 0 Å². The van der Waals surface area contributed by atoms with Crippen molar-refractivity contribution in [3.05, 3.63) is 0 Å². The van der Waals surface area contributed by atoms with E-state index in [1.165, 1.54) is 0 Å². The monoisotopic (exact) mass is 507 g/mol. The third-order valence-corrected chi connectivity index (χ3v) is 0. The zero-order valence-corrected chi connectivity index (χ0v) is 14.7. The first-order chi connectivity index (χ1) is 2.00. The van der Waals surface area contributed by atoms with Crippen LogP contribution in [0.1, 0.15) is 0 Å². The minimum atomic E-state index is -4.33. The summed E-state index contributed by atoms with van der Waals surface area (Å²) in [5, 5.41) is 0. The first-order valence-electron chi connectivity index (χ1n) is 0.667. The molecule has 13 heavy (non-hydrogen) atoms. The van der Waals surface area contributed by atoms with Crippen LogP contribution in [0.4, 0.5) is 0 Å². The van der Waals surface area contributed by atoms with Crippen molar-refractivity contribution in [2.75, 3.05) is 0 Å². The molecular weight excluding hydrogens is 497 g/mol. The van der Waals surface area contributed by atoms with E-state index in [0.717, 1.165) is 0 Å². The summed E-state index contributed by atoms with van der Waals surface area (Å²) in [6.07, 6.45) is 0. The van der Waals surface area contributed by atoms with Gasteiger partial charge in [0.25, 0.3) is 0 Å². The van der Waals surface area contributed by atoms with Gasteiger partial charge in [0.1, 0.15) is 0 Å². The molecule has 0 aromatic rings. The average molecular weight is 507 g/mol. The van der Waals surface area contributed by atoms with Gasteiger partial charge in [0.05, 0.1) is 0 Å². The van der Waals surface area contributed by atoms with Crippen molar-refractivity contribution in [3.63, 3.8) is 0 Å². The molecule has 0 aliphatic heterocycles. The van der Waals surface area contributed by atoms with Crippen LogP contribution in [0.15, 0.2) is 0 Å². The molecule has 0 fully saturated rings. The molecule has 8 nitrogen and oxygen atoms in total. The SMILES string of the molecule is O.O.O.O.O.O=S(=O)([O-])[S-].[Na+].[Na+].[No]. The third-order valence-electron chi connectivity index (χ3n) is 0. The largest absolute Gasteiger partial charge is 1.00 e. The molecule has 0 aromatic carbocycles. The Balaban J connectivity index is -0.00000000286. The van der Waals surface area contributed by atoms with Crippen LogP contribution in [0.2, 0.25) is 0 Å². The zero-order chi connectivity index (χ0) is 4.50. The van der Waals surface area contributed by atoms with E-state index in [9.17, 15) is 0 Å². The first-order valence-corrected chi connectivity index (χ1v) is 3.00. The van der Waals surface area contributed by atoms with Crippen molar-refractivity contribution in [3.8, 4) is 0 Å². The molecule has 86 valence electrons. The Morgan fingerprint density at radius 3 is 0.846 bits per heavy atom.